The van der Waals surface area contributed by atoms with Crippen LogP contribution in [0.2, 0.25) is 0 Å². The molecule has 0 radical (unpaired) electrons. The first-order valence-electron chi connectivity index (χ1n) is 4.35. The third-order valence-corrected chi connectivity index (χ3v) is 2.30. The second-order valence-corrected chi connectivity index (χ2v) is 3.26. The van der Waals surface area contributed by atoms with Gasteiger partial charge in [0.15, 0.2) is 5.58 Å². The number of fused-ring (bicyclic) bond motifs is 1. The number of rotatable bonds is 2. The first kappa shape index (κ1) is 8.26. The fourth-order valence-electron chi connectivity index (χ4n) is 1.33. The van der Waals surface area contributed by atoms with Gasteiger partial charge in [0, 0.05) is 5.39 Å². The van der Waals surface area contributed by atoms with Crippen molar-refractivity contribution in [3.05, 3.63) is 30.0 Å². The van der Waals surface area contributed by atoms with E-state index < -0.39 is 0 Å². The summed E-state index contributed by atoms with van der Waals surface area (Å²) in [5.41, 5.74) is 7.65. The molecule has 2 rings (SSSR count). The van der Waals surface area contributed by atoms with Crippen LogP contribution in [-0.2, 0) is 0 Å². The predicted octanol–water partition coefficient (Wildman–Crippen LogP) is 1.89. The van der Waals surface area contributed by atoms with Gasteiger partial charge >= 0.3 is 0 Å². The van der Waals surface area contributed by atoms with Crippen LogP contribution in [0.25, 0.3) is 11.0 Å². The van der Waals surface area contributed by atoms with E-state index in [0.29, 0.717) is 12.5 Å². The highest BCUT2D eigenvalue weighted by Crippen LogP contribution is 2.20. The summed E-state index contributed by atoms with van der Waals surface area (Å²) in [6, 6.07) is 6.04. The van der Waals surface area contributed by atoms with Crippen molar-refractivity contribution in [2.45, 2.75) is 12.8 Å². The van der Waals surface area contributed by atoms with Gasteiger partial charge in [0.1, 0.15) is 0 Å². The van der Waals surface area contributed by atoms with Crippen LogP contribution in [0.1, 0.15) is 18.4 Å². The van der Waals surface area contributed by atoms with Gasteiger partial charge in [-0.15, -0.1) is 0 Å². The molecule has 0 aliphatic rings. The topological polar surface area (TPSA) is 52.0 Å². The van der Waals surface area contributed by atoms with Crippen LogP contribution in [0.3, 0.4) is 0 Å². The molecule has 0 saturated carbocycles. The number of hydrogen-bond acceptors (Lipinski definition) is 3. The predicted molar refractivity (Wildman–Crippen MR) is 51.5 cm³/mol. The van der Waals surface area contributed by atoms with Crippen LogP contribution in [0, 0.1) is 0 Å². The zero-order chi connectivity index (χ0) is 9.26. The van der Waals surface area contributed by atoms with Crippen molar-refractivity contribution in [3.63, 3.8) is 0 Å². The zero-order valence-electron chi connectivity index (χ0n) is 7.53. The van der Waals surface area contributed by atoms with Gasteiger partial charge in [-0.2, -0.15) is 0 Å². The Morgan fingerprint density at radius 3 is 3.15 bits per heavy atom. The van der Waals surface area contributed by atoms with Gasteiger partial charge < -0.3 is 10.3 Å². The van der Waals surface area contributed by atoms with Gasteiger partial charge in [0.05, 0.1) is 6.20 Å². The first-order chi connectivity index (χ1) is 6.31. The highest BCUT2D eigenvalue weighted by atomic mass is 16.5. The van der Waals surface area contributed by atoms with E-state index in [1.54, 1.807) is 6.20 Å². The second-order valence-electron chi connectivity index (χ2n) is 3.26. The SMILES string of the molecule is CC(CN)c1ccc2oncc2c1. The van der Waals surface area contributed by atoms with Gasteiger partial charge in [-0.05, 0) is 30.2 Å². The minimum atomic E-state index is 0.388. The monoisotopic (exact) mass is 176 g/mol. The molecule has 3 nitrogen and oxygen atoms in total. The summed E-state index contributed by atoms with van der Waals surface area (Å²) in [6.45, 7) is 2.77. The molecule has 1 heterocycles. The average Bonchev–Trinajstić information content (AvgIpc) is 2.63. The summed E-state index contributed by atoms with van der Waals surface area (Å²) in [7, 11) is 0. The van der Waals surface area contributed by atoms with E-state index in [4.69, 9.17) is 10.3 Å². The van der Waals surface area contributed by atoms with Gasteiger partial charge in [0.25, 0.3) is 0 Å². The lowest BCUT2D eigenvalue weighted by molar-refractivity contribution is 0.456. The minimum Gasteiger partial charge on any atom is -0.356 e. The largest absolute Gasteiger partial charge is 0.356 e. The summed E-state index contributed by atoms with van der Waals surface area (Å²) in [4.78, 5) is 0. The van der Waals surface area contributed by atoms with Crippen LogP contribution in [0.5, 0.6) is 0 Å². The molecule has 1 atom stereocenters. The smallest absolute Gasteiger partial charge is 0.166 e. The van der Waals surface area contributed by atoms with E-state index in [9.17, 15) is 0 Å². The molecule has 1 aromatic heterocycles. The summed E-state index contributed by atoms with van der Waals surface area (Å²) in [6.07, 6.45) is 1.72. The van der Waals surface area contributed by atoms with Crippen LogP contribution < -0.4 is 5.73 Å². The zero-order valence-corrected chi connectivity index (χ0v) is 7.53. The molecule has 2 aromatic rings. The number of aromatic nitrogens is 1. The molecule has 0 aliphatic heterocycles. The highest BCUT2D eigenvalue weighted by molar-refractivity contribution is 5.76. The molecule has 0 aliphatic carbocycles. The lowest BCUT2D eigenvalue weighted by Crippen LogP contribution is -2.08. The lowest BCUT2D eigenvalue weighted by atomic mass is 10.0. The molecule has 2 N–H and O–H groups in total. The first-order valence-corrected chi connectivity index (χ1v) is 4.35. The minimum absolute atomic E-state index is 0.388. The Balaban J connectivity index is 2.48. The van der Waals surface area contributed by atoms with Crippen LogP contribution in [0.15, 0.2) is 28.9 Å². The van der Waals surface area contributed by atoms with Crippen molar-refractivity contribution in [2.75, 3.05) is 6.54 Å². The standard InChI is InChI=1S/C10H12N2O/c1-7(5-11)8-2-3-10-9(4-8)6-12-13-10/h2-4,6-7H,5,11H2,1H3. The van der Waals surface area contributed by atoms with Crippen molar-refractivity contribution in [1.82, 2.24) is 5.16 Å². The average molecular weight is 176 g/mol. The normalized spacial score (nSPS) is 13.4. The Kier molecular flexibility index (Phi) is 2.02. The van der Waals surface area contributed by atoms with E-state index in [1.807, 2.05) is 12.1 Å². The maximum atomic E-state index is 5.58. The summed E-state index contributed by atoms with van der Waals surface area (Å²) >= 11 is 0. The van der Waals surface area contributed by atoms with Crippen molar-refractivity contribution in [2.24, 2.45) is 5.73 Å². The quantitative estimate of drug-likeness (QED) is 0.760. The fourth-order valence-corrected chi connectivity index (χ4v) is 1.33. The molecule has 0 amide bonds. The van der Waals surface area contributed by atoms with Crippen LogP contribution >= 0.6 is 0 Å². The fraction of sp³-hybridized carbons (Fsp3) is 0.300. The van der Waals surface area contributed by atoms with E-state index >= 15 is 0 Å². The van der Waals surface area contributed by atoms with Crippen molar-refractivity contribution >= 4 is 11.0 Å². The molecule has 0 saturated heterocycles. The molecular weight excluding hydrogens is 164 g/mol. The Morgan fingerprint density at radius 1 is 1.54 bits per heavy atom. The Bertz CT molecular complexity index is 408. The molecule has 13 heavy (non-hydrogen) atoms. The van der Waals surface area contributed by atoms with E-state index in [-0.39, 0.29) is 0 Å². The number of nitrogens with zero attached hydrogens (tertiary/aromatic N) is 1. The summed E-state index contributed by atoms with van der Waals surface area (Å²) < 4.78 is 5.01. The molecule has 1 unspecified atom stereocenters. The maximum absolute atomic E-state index is 5.58. The van der Waals surface area contributed by atoms with Crippen molar-refractivity contribution in [1.29, 1.82) is 0 Å². The second kappa shape index (κ2) is 3.18. The Hall–Kier alpha value is -1.35. The van der Waals surface area contributed by atoms with Crippen LogP contribution in [0.4, 0.5) is 0 Å². The molecule has 0 bridgehead atoms. The van der Waals surface area contributed by atoms with Crippen molar-refractivity contribution < 1.29 is 4.52 Å². The third kappa shape index (κ3) is 1.42. The van der Waals surface area contributed by atoms with E-state index in [1.165, 1.54) is 5.56 Å². The maximum Gasteiger partial charge on any atom is 0.166 e. The Labute approximate surface area is 76.5 Å². The molecular formula is C10H12N2O. The van der Waals surface area contributed by atoms with Gasteiger partial charge in [0.2, 0.25) is 0 Å². The van der Waals surface area contributed by atoms with E-state index in [0.717, 1.165) is 11.0 Å². The molecule has 3 heteroatoms. The number of nitrogens with two attached hydrogens (primary N) is 1. The third-order valence-electron chi connectivity index (χ3n) is 2.30. The number of hydrogen-bond donors (Lipinski definition) is 1. The molecule has 0 fully saturated rings. The lowest BCUT2D eigenvalue weighted by Gasteiger charge is -2.07. The highest BCUT2D eigenvalue weighted by Gasteiger charge is 2.05. The van der Waals surface area contributed by atoms with Gasteiger partial charge in [-0.25, -0.2) is 0 Å². The van der Waals surface area contributed by atoms with E-state index in [2.05, 4.69) is 18.1 Å². The summed E-state index contributed by atoms with van der Waals surface area (Å²) in [5.74, 6) is 0.388. The molecule has 68 valence electrons. The molecule has 1 aromatic carbocycles. The van der Waals surface area contributed by atoms with Gasteiger partial charge in [-0.1, -0.05) is 18.1 Å². The summed E-state index contributed by atoms with van der Waals surface area (Å²) in [5, 5.41) is 4.76. The van der Waals surface area contributed by atoms with Crippen LogP contribution in [-0.4, -0.2) is 11.7 Å². The molecule has 0 spiro atoms. The van der Waals surface area contributed by atoms with Crippen molar-refractivity contribution in [3.8, 4) is 0 Å². The van der Waals surface area contributed by atoms with Gasteiger partial charge in [-0.3, -0.25) is 0 Å². The Morgan fingerprint density at radius 2 is 2.38 bits per heavy atom. The number of benzene rings is 1.